The third-order valence-corrected chi connectivity index (χ3v) is 3.41. The first-order valence-corrected chi connectivity index (χ1v) is 6.63. The largest absolute Gasteiger partial charge is 0.464 e. The fraction of sp³-hybridized carbons (Fsp3) is 0.533. The Morgan fingerprint density at radius 1 is 1.44 bits per heavy atom. The van der Waals surface area contributed by atoms with Crippen molar-refractivity contribution < 1.29 is 9.53 Å². The molecular formula is C15H21NO2. The molecule has 0 heterocycles. The molecule has 0 bridgehead atoms. The minimum atomic E-state index is -0.652. The summed E-state index contributed by atoms with van der Waals surface area (Å²) in [6, 6.07) is 8.38. The van der Waals surface area contributed by atoms with Gasteiger partial charge >= 0.3 is 5.97 Å². The number of carbonyl (C=O) groups excluding carboxylic acids is 1. The van der Waals surface area contributed by atoms with Gasteiger partial charge in [-0.25, -0.2) is 4.79 Å². The number of fused-ring (bicyclic) bond motifs is 1. The highest BCUT2D eigenvalue weighted by atomic mass is 16.5. The minimum Gasteiger partial charge on any atom is -0.464 e. The van der Waals surface area contributed by atoms with Gasteiger partial charge in [0.1, 0.15) is 5.54 Å². The van der Waals surface area contributed by atoms with E-state index in [1.807, 2.05) is 25.1 Å². The molecule has 0 saturated heterocycles. The highest BCUT2D eigenvalue weighted by Gasteiger charge is 2.46. The Kier molecular flexibility index (Phi) is 3.71. The van der Waals surface area contributed by atoms with E-state index in [1.165, 1.54) is 5.56 Å². The monoisotopic (exact) mass is 247 g/mol. The fourth-order valence-corrected chi connectivity index (χ4v) is 2.78. The maximum atomic E-state index is 12.4. The van der Waals surface area contributed by atoms with Gasteiger partial charge in [-0.15, -0.1) is 0 Å². The Balaban J connectivity index is 2.42. The first-order valence-electron chi connectivity index (χ1n) is 6.63. The van der Waals surface area contributed by atoms with Crippen molar-refractivity contribution in [1.29, 1.82) is 0 Å². The third kappa shape index (κ3) is 2.15. The van der Waals surface area contributed by atoms with Crippen LogP contribution in [0.4, 0.5) is 0 Å². The summed E-state index contributed by atoms with van der Waals surface area (Å²) in [5, 5.41) is 3.42. The Hall–Kier alpha value is -1.35. The summed E-state index contributed by atoms with van der Waals surface area (Å²) in [5.41, 5.74) is 1.68. The van der Waals surface area contributed by atoms with Crippen LogP contribution < -0.4 is 5.32 Å². The van der Waals surface area contributed by atoms with Gasteiger partial charge in [0.15, 0.2) is 0 Å². The van der Waals surface area contributed by atoms with Gasteiger partial charge in [-0.1, -0.05) is 24.3 Å². The molecule has 0 fully saturated rings. The molecule has 0 aliphatic heterocycles. The van der Waals surface area contributed by atoms with Crippen molar-refractivity contribution in [2.75, 3.05) is 6.61 Å². The van der Waals surface area contributed by atoms with Gasteiger partial charge < -0.3 is 4.74 Å². The van der Waals surface area contributed by atoms with Crippen molar-refractivity contribution in [3.8, 4) is 0 Å². The van der Waals surface area contributed by atoms with Crippen molar-refractivity contribution in [2.45, 2.75) is 45.2 Å². The van der Waals surface area contributed by atoms with E-state index >= 15 is 0 Å². The summed E-state index contributed by atoms with van der Waals surface area (Å²) in [6.07, 6.45) is 1.71. The van der Waals surface area contributed by atoms with Crippen LogP contribution in [0.25, 0.3) is 0 Å². The van der Waals surface area contributed by atoms with E-state index in [0.29, 0.717) is 6.61 Å². The second-order valence-electron chi connectivity index (χ2n) is 5.08. The molecule has 1 aromatic carbocycles. The lowest BCUT2D eigenvalue weighted by atomic mass is 9.91. The molecule has 1 aliphatic carbocycles. The molecule has 0 radical (unpaired) electrons. The zero-order valence-electron chi connectivity index (χ0n) is 11.3. The molecule has 3 nitrogen and oxygen atoms in total. The second kappa shape index (κ2) is 5.11. The maximum absolute atomic E-state index is 12.4. The Labute approximate surface area is 109 Å². The van der Waals surface area contributed by atoms with E-state index in [2.05, 4.69) is 25.2 Å². The summed E-state index contributed by atoms with van der Waals surface area (Å²) >= 11 is 0. The molecule has 1 aliphatic rings. The van der Waals surface area contributed by atoms with Crippen molar-refractivity contribution in [1.82, 2.24) is 5.32 Å². The number of benzene rings is 1. The van der Waals surface area contributed by atoms with Gasteiger partial charge in [0.2, 0.25) is 0 Å². The van der Waals surface area contributed by atoms with Crippen LogP contribution in [0.1, 0.15) is 38.3 Å². The summed E-state index contributed by atoms with van der Waals surface area (Å²) < 4.78 is 5.29. The normalized spacial score (nSPS) is 22.0. The topological polar surface area (TPSA) is 38.3 Å². The molecule has 18 heavy (non-hydrogen) atoms. The van der Waals surface area contributed by atoms with E-state index in [4.69, 9.17) is 4.74 Å². The zero-order valence-corrected chi connectivity index (χ0v) is 11.3. The quantitative estimate of drug-likeness (QED) is 0.830. The van der Waals surface area contributed by atoms with Crippen molar-refractivity contribution in [3.05, 3.63) is 35.4 Å². The Bertz CT molecular complexity index is 442. The Morgan fingerprint density at radius 2 is 2.17 bits per heavy atom. The van der Waals surface area contributed by atoms with Gasteiger partial charge in [0.25, 0.3) is 0 Å². The maximum Gasteiger partial charge on any atom is 0.331 e. The lowest BCUT2D eigenvalue weighted by Crippen LogP contribution is -2.51. The third-order valence-electron chi connectivity index (χ3n) is 3.41. The SMILES string of the molecule is CCOC(=O)C1(NC(C)C)CCc2ccccc21. The van der Waals surface area contributed by atoms with E-state index in [-0.39, 0.29) is 12.0 Å². The number of nitrogens with one attached hydrogen (secondary N) is 1. The molecular weight excluding hydrogens is 226 g/mol. The number of ether oxygens (including phenoxy) is 1. The van der Waals surface area contributed by atoms with E-state index < -0.39 is 5.54 Å². The lowest BCUT2D eigenvalue weighted by molar-refractivity contribution is -0.152. The smallest absolute Gasteiger partial charge is 0.331 e. The first-order chi connectivity index (χ1) is 8.60. The van der Waals surface area contributed by atoms with E-state index in [0.717, 1.165) is 18.4 Å². The number of hydrogen-bond donors (Lipinski definition) is 1. The fourth-order valence-electron chi connectivity index (χ4n) is 2.78. The van der Waals surface area contributed by atoms with Crippen LogP contribution in [-0.4, -0.2) is 18.6 Å². The molecule has 0 aromatic heterocycles. The predicted molar refractivity (Wildman–Crippen MR) is 71.3 cm³/mol. The van der Waals surface area contributed by atoms with Crippen LogP contribution in [0.3, 0.4) is 0 Å². The summed E-state index contributed by atoms with van der Waals surface area (Å²) in [7, 11) is 0. The van der Waals surface area contributed by atoms with E-state index in [9.17, 15) is 4.79 Å². The molecule has 1 unspecified atom stereocenters. The molecule has 2 rings (SSSR count). The minimum absolute atomic E-state index is 0.149. The lowest BCUT2D eigenvalue weighted by Gasteiger charge is -2.31. The van der Waals surface area contributed by atoms with Gasteiger partial charge in [-0.3, -0.25) is 5.32 Å². The Morgan fingerprint density at radius 3 is 2.83 bits per heavy atom. The molecule has 98 valence electrons. The van der Waals surface area contributed by atoms with Crippen LogP contribution in [0, 0.1) is 0 Å². The number of rotatable bonds is 4. The standard InChI is InChI=1S/C15H21NO2/c1-4-18-14(17)15(16-11(2)3)10-9-12-7-5-6-8-13(12)15/h5-8,11,16H,4,9-10H2,1-3H3. The van der Waals surface area contributed by atoms with Gasteiger partial charge in [0.05, 0.1) is 6.61 Å². The molecule has 0 saturated carbocycles. The van der Waals surface area contributed by atoms with Crippen molar-refractivity contribution in [2.24, 2.45) is 0 Å². The average molecular weight is 247 g/mol. The van der Waals surface area contributed by atoms with Gasteiger partial charge in [0, 0.05) is 6.04 Å². The van der Waals surface area contributed by atoms with Crippen LogP contribution in [0.2, 0.25) is 0 Å². The van der Waals surface area contributed by atoms with Crippen molar-refractivity contribution >= 4 is 5.97 Å². The molecule has 0 amide bonds. The van der Waals surface area contributed by atoms with Crippen LogP contribution in [0.15, 0.2) is 24.3 Å². The van der Waals surface area contributed by atoms with Crippen LogP contribution in [0.5, 0.6) is 0 Å². The first kappa shape index (κ1) is 13.1. The zero-order chi connectivity index (χ0) is 13.2. The molecule has 3 heteroatoms. The summed E-state index contributed by atoms with van der Waals surface area (Å²) in [4.78, 5) is 12.4. The summed E-state index contributed by atoms with van der Waals surface area (Å²) in [5.74, 6) is -0.149. The molecule has 1 N–H and O–H groups in total. The molecule has 1 aromatic rings. The number of hydrogen-bond acceptors (Lipinski definition) is 3. The number of esters is 1. The van der Waals surface area contributed by atoms with E-state index in [1.54, 1.807) is 0 Å². The van der Waals surface area contributed by atoms with Crippen LogP contribution in [-0.2, 0) is 21.5 Å². The van der Waals surface area contributed by atoms with Crippen molar-refractivity contribution in [3.63, 3.8) is 0 Å². The molecule has 0 spiro atoms. The number of carbonyl (C=O) groups is 1. The van der Waals surface area contributed by atoms with Gasteiger partial charge in [-0.2, -0.15) is 0 Å². The second-order valence-corrected chi connectivity index (χ2v) is 5.08. The van der Waals surface area contributed by atoms with Gasteiger partial charge in [-0.05, 0) is 44.7 Å². The molecule has 1 atom stereocenters. The summed E-state index contributed by atoms with van der Waals surface area (Å²) in [6.45, 7) is 6.38. The highest BCUT2D eigenvalue weighted by Crippen LogP contribution is 2.38. The number of aryl methyl sites for hydroxylation is 1. The average Bonchev–Trinajstić information content (AvgIpc) is 2.70. The predicted octanol–water partition coefficient (Wildman–Crippen LogP) is 2.39. The highest BCUT2D eigenvalue weighted by molar-refractivity contribution is 5.84. The van der Waals surface area contributed by atoms with Crippen LogP contribution >= 0.6 is 0 Å².